The highest BCUT2D eigenvalue weighted by Crippen LogP contribution is 2.32. The first-order valence-electron chi connectivity index (χ1n) is 11.6. The average Bonchev–Trinajstić information content (AvgIpc) is 3.13. The smallest absolute Gasteiger partial charge is 0.321 e. The Hall–Kier alpha value is -2.48. The van der Waals surface area contributed by atoms with E-state index in [1.807, 2.05) is 12.1 Å². The molecule has 0 aliphatic carbocycles. The van der Waals surface area contributed by atoms with Crippen LogP contribution in [0.5, 0.6) is 11.5 Å². The molecule has 2 N–H and O–H groups in total. The number of carbonyl (C=O) groups is 2. The summed E-state index contributed by atoms with van der Waals surface area (Å²) in [7, 11) is 0. The van der Waals surface area contributed by atoms with Gasteiger partial charge in [0, 0.05) is 49.8 Å². The average molecular weight is 431 g/mol. The van der Waals surface area contributed by atoms with Crippen LogP contribution >= 0.6 is 0 Å². The number of likely N-dealkylation sites (N-methyl/N-ethyl adjacent to an activating group) is 1. The van der Waals surface area contributed by atoms with Crippen molar-refractivity contribution in [3.8, 4) is 11.5 Å². The van der Waals surface area contributed by atoms with Gasteiger partial charge in [-0.3, -0.25) is 9.69 Å². The topological polar surface area (TPSA) is 83.1 Å². The number of nitrogens with one attached hydrogen (secondary N) is 2. The fraction of sp³-hybridized carbons (Fsp3) is 0.652. The molecule has 3 aliphatic rings. The van der Waals surface area contributed by atoms with Crippen LogP contribution in [0.4, 0.5) is 10.5 Å². The molecule has 2 fully saturated rings. The number of nitrogens with zero attached hydrogens (tertiary/aromatic N) is 2. The Labute approximate surface area is 184 Å². The second-order valence-corrected chi connectivity index (χ2v) is 8.57. The van der Waals surface area contributed by atoms with Gasteiger partial charge in [-0.25, -0.2) is 4.79 Å². The molecule has 8 nitrogen and oxygen atoms in total. The number of hydrogen-bond acceptors (Lipinski definition) is 5. The molecule has 0 radical (unpaired) electrons. The van der Waals surface area contributed by atoms with E-state index in [2.05, 4.69) is 22.5 Å². The molecule has 1 atom stereocenters. The standard InChI is InChI=1S/C23H34N4O4/c1-2-26-10-3-5-19(26)16-24-22(28)17-8-11-27(12-9-17)23(29)25-18-6-7-20-21(15-18)31-14-4-13-30-20/h6-7,15,17,19H,2-5,8-14,16H2,1H3,(H,24,28)(H,25,29)/t19-/m1/s1. The predicted octanol–water partition coefficient (Wildman–Crippen LogP) is 2.69. The summed E-state index contributed by atoms with van der Waals surface area (Å²) in [6.07, 6.45) is 4.61. The number of anilines is 1. The van der Waals surface area contributed by atoms with Gasteiger partial charge in [0.25, 0.3) is 0 Å². The molecule has 1 aromatic rings. The summed E-state index contributed by atoms with van der Waals surface area (Å²) in [4.78, 5) is 29.5. The van der Waals surface area contributed by atoms with E-state index in [9.17, 15) is 9.59 Å². The van der Waals surface area contributed by atoms with Gasteiger partial charge in [-0.1, -0.05) is 6.92 Å². The minimum absolute atomic E-state index is 0.0152. The molecule has 3 amide bonds. The lowest BCUT2D eigenvalue weighted by Crippen LogP contribution is -2.46. The summed E-state index contributed by atoms with van der Waals surface area (Å²) >= 11 is 0. The third-order valence-electron chi connectivity index (χ3n) is 6.57. The Balaban J connectivity index is 1.22. The summed E-state index contributed by atoms with van der Waals surface area (Å²) in [5, 5.41) is 6.10. The molecule has 31 heavy (non-hydrogen) atoms. The van der Waals surface area contributed by atoms with Crippen LogP contribution in [0.1, 0.15) is 39.0 Å². The Kier molecular flexibility index (Phi) is 7.17. The molecule has 3 aliphatic heterocycles. The first-order valence-corrected chi connectivity index (χ1v) is 11.6. The number of hydrogen-bond donors (Lipinski definition) is 2. The van der Waals surface area contributed by atoms with Crippen LogP contribution < -0.4 is 20.1 Å². The van der Waals surface area contributed by atoms with E-state index in [1.165, 1.54) is 6.42 Å². The number of piperidine rings is 1. The number of amides is 3. The zero-order valence-electron chi connectivity index (χ0n) is 18.4. The molecule has 4 rings (SSSR count). The molecule has 0 saturated carbocycles. The van der Waals surface area contributed by atoms with Crippen LogP contribution in [0, 0.1) is 5.92 Å². The summed E-state index contributed by atoms with van der Waals surface area (Å²) in [5.74, 6) is 1.49. The number of fused-ring (bicyclic) bond motifs is 1. The van der Waals surface area contributed by atoms with Gasteiger partial charge >= 0.3 is 6.03 Å². The van der Waals surface area contributed by atoms with Crippen molar-refractivity contribution in [2.24, 2.45) is 5.92 Å². The molecule has 0 spiro atoms. The van der Waals surface area contributed by atoms with Crippen molar-refractivity contribution >= 4 is 17.6 Å². The van der Waals surface area contributed by atoms with Crippen LogP contribution in [0.3, 0.4) is 0 Å². The van der Waals surface area contributed by atoms with Gasteiger partial charge in [0.15, 0.2) is 11.5 Å². The van der Waals surface area contributed by atoms with E-state index in [4.69, 9.17) is 9.47 Å². The number of ether oxygens (including phenoxy) is 2. The van der Waals surface area contributed by atoms with E-state index < -0.39 is 0 Å². The van der Waals surface area contributed by atoms with Crippen molar-refractivity contribution in [3.05, 3.63) is 18.2 Å². The van der Waals surface area contributed by atoms with Gasteiger partial charge in [-0.2, -0.15) is 0 Å². The predicted molar refractivity (Wildman–Crippen MR) is 119 cm³/mol. The third-order valence-corrected chi connectivity index (χ3v) is 6.57. The molecule has 0 aromatic heterocycles. The molecule has 0 bridgehead atoms. The number of carbonyl (C=O) groups excluding carboxylic acids is 2. The Morgan fingerprint density at radius 1 is 1.03 bits per heavy atom. The molecule has 1 aromatic carbocycles. The highest BCUT2D eigenvalue weighted by Gasteiger charge is 2.29. The first-order chi connectivity index (χ1) is 15.1. The highest BCUT2D eigenvalue weighted by atomic mass is 16.5. The molecule has 3 heterocycles. The van der Waals surface area contributed by atoms with Crippen molar-refractivity contribution in [1.82, 2.24) is 15.1 Å². The van der Waals surface area contributed by atoms with Crippen LogP contribution in [-0.4, -0.2) is 73.7 Å². The summed E-state index contributed by atoms with van der Waals surface area (Å²) in [6, 6.07) is 5.79. The molecular weight excluding hydrogens is 396 g/mol. The van der Waals surface area contributed by atoms with Gasteiger partial charge < -0.3 is 25.0 Å². The molecule has 2 saturated heterocycles. The van der Waals surface area contributed by atoms with Gasteiger partial charge in [-0.05, 0) is 50.9 Å². The van der Waals surface area contributed by atoms with Crippen molar-refractivity contribution < 1.29 is 19.1 Å². The molecule has 0 unspecified atom stereocenters. The van der Waals surface area contributed by atoms with E-state index in [0.29, 0.717) is 62.4 Å². The van der Waals surface area contributed by atoms with Crippen molar-refractivity contribution in [3.63, 3.8) is 0 Å². The number of benzene rings is 1. The van der Waals surface area contributed by atoms with E-state index in [1.54, 1.807) is 11.0 Å². The minimum Gasteiger partial charge on any atom is -0.490 e. The van der Waals surface area contributed by atoms with Crippen molar-refractivity contribution in [2.75, 3.05) is 51.3 Å². The summed E-state index contributed by atoms with van der Waals surface area (Å²) < 4.78 is 11.3. The summed E-state index contributed by atoms with van der Waals surface area (Å²) in [5.41, 5.74) is 0.686. The monoisotopic (exact) mass is 430 g/mol. The largest absolute Gasteiger partial charge is 0.490 e. The number of rotatable bonds is 5. The maximum absolute atomic E-state index is 12.7. The number of likely N-dealkylation sites (tertiary alicyclic amines) is 2. The van der Waals surface area contributed by atoms with E-state index in [0.717, 1.165) is 32.5 Å². The lowest BCUT2D eigenvalue weighted by atomic mass is 9.96. The van der Waals surface area contributed by atoms with Crippen LogP contribution in [-0.2, 0) is 4.79 Å². The van der Waals surface area contributed by atoms with E-state index >= 15 is 0 Å². The van der Waals surface area contributed by atoms with Crippen LogP contribution in [0.25, 0.3) is 0 Å². The fourth-order valence-corrected chi connectivity index (χ4v) is 4.69. The summed E-state index contributed by atoms with van der Waals surface area (Å²) in [6.45, 7) is 7.49. The van der Waals surface area contributed by atoms with Crippen LogP contribution in [0.15, 0.2) is 18.2 Å². The second-order valence-electron chi connectivity index (χ2n) is 8.57. The Morgan fingerprint density at radius 3 is 2.58 bits per heavy atom. The highest BCUT2D eigenvalue weighted by molar-refractivity contribution is 5.90. The first kappa shape index (κ1) is 21.7. The molecule has 8 heteroatoms. The van der Waals surface area contributed by atoms with Gasteiger partial charge in [0.2, 0.25) is 5.91 Å². The van der Waals surface area contributed by atoms with Crippen molar-refractivity contribution in [1.29, 1.82) is 0 Å². The van der Waals surface area contributed by atoms with Crippen LogP contribution in [0.2, 0.25) is 0 Å². The van der Waals surface area contributed by atoms with E-state index in [-0.39, 0.29) is 17.9 Å². The van der Waals surface area contributed by atoms with Gasteiger partial charge in [0.05, 0.1) is 13.2 Å². The Bertz CT molecular complexity index is 779. The Morgan fingerprint density at radius 2 is 1.81 bits per heavy atom. The SMILES string of the molecule is CCN1CCC[C@@H]1CNC(=O)C1CCN(C(=O)Nc2ccc3c(c2)OCCCO3)CC1. The normalized spacial score (nSPS) is 22.1. The lowest BCUT2D eigenvalue weighted by molar-refractivity contribution is -0.126. The fourth-order valence-electron chi connectivity index (χ4n) is 4.69. The second kappa shape index (κ2) is 10.2. The minimum atomic E-state index is -0.141. The molecule has 170 valence electrons. The quantitative estimate of drug-likeness (QED) is 0.751. The number of urea groups is 1. The maximum Gasteiger partial charge on any atom is 0.321 e. The lowest BCUT2D eigenvalue weighted by Gasteiger charge is -2.32. The maximum atomic E-state index is 12.7. The van der Waals surface area contributed by atoms with Gasteiger partial charge in [0.1, 0.15) is 0 Å². The van der Waals surface area contributed by atoms with Crippen molar-refractivity contribution in [2.45, 2.75) is 45.1 Å². The zero-order chi connectivity index (χ0) is 21.6. The van der Waals surface area contributed by atoms with Gasteiger partial charge in [-0.15, -0.1) is 0 Å². The zero-order valence-corrected chi connectivity index (χ0v) is 18.4. The molecular formula is C23H34N4O4. The third kappa shape index (κ3) is 5.42.